The average Bonchev–Trinajstić information content (AvgIpc) is 3.31. The number of aromatic carboxylic acids is 2. The van der Waals surface area contributed by atoms with Gasteiger partial charge in [-0.25, -0.2) is 9.59 Å². The highest BCUT2D eigenvalue weighted by molar-refractivity contribution is 5.88. The SMILES string of the molecule is O=C(O)c1ccc(OCCCCCCCCCCCCOc2ccc(C=NCCN=Cc3ccc(OCCCCCCCCCCCCOc4ccc(C(=O)O)cc4)cc3O)c(O)c2)cc1. The molecule has 0 saturated carbocycles. The van der Waals surface area contributed by atoms with Crippen molar-refractivity contribution in [1.82, 2.24) is 0 Å². The van der Waals surface area contributed by atoms with Crippen molar-refractivity contribution in [2.45, 2.75) is 128 Å². The molecule has 0 bridgehead atoms. The van der Waals surface area contributed by atoms with Gasteiger partial charge in [0.05, 0.1) is 50.6 Å². The molecule has 66 heavy (non-hydrogen) atoms. The van der Waals surface area contributed by atoms with Crippen molar-refractivity contribution in [1.29, 1.82) is 0 Å². The number of aliphatic imine (C=N–C) groups is 2. The maximum absolute atomic E-state index is 10.9. The van der Waals surface area contributed by atoms with Crippen LogP contribution in [0.25, 0.3) is 0 Å². The first kappa shape index (κ1) is 52.6. The summed E-state index contributed by atoms with van der Waals surface area (Å²) in [6.07, 6.45) is 26.4. The van der Waals surface area contributed by atoms with Crippen LogP contribution in [0.4, 0.5) is 0 Å². The van der Waals surface area contributed by atoms with E-state index in [4.69, 9.17) is 29.2 Å². The highest BCUT2D eigenvalue weighted by atomic mass is 16.5. The van der Waals surface area contributed by atoms with Crippen LogP contribution in [0.1, 0.15) is 160 Å². The highest BCUT2D eigenvalue weighted by Gasteiger charge is 2.06. The number of rotatable bonds is 37. The Kier molecular flexibility index (Phi) is 26.0. The smallest absolute Gasteiger partial charge is 0.335 e. The molecule has 0 aliphatic rings. The van der Waals surface area contributed by atoms with Crippen molar-refractivity contribution in [2.75, 3.05) is 39.5 Å². The molecule has 0 aliphatic heterocycles. The minimum atomic E-state index is -0.930. The molecular weight excluding hydrogens is 837 g/mol. The second-order valence-corrected chi connectivity index (χ2v) is 16.6. The standard InChI is InChI=1S/C54H72N2O10/c57-51-39-49(65-37-19-15-11-7-3-1-5-9-13-17-35-63-47-27-21-43(22-28-47)53(59)60)31-25-45(51)41-55-33-34-56-42-46-26-32-50(40-52(46)58)66-38-20-16-12-8-4-2-6-10-14-18-36-64-48-29-23-44(24-30-48)54(61)62/h21-32,39-42,57-58H,1-20,33-38H2,(H,59,60)(H,61,62). The molecule has 0 radical (unpaired) electrons. The van der Waals surface area contributed by atoms with Crippen molar-refractivity contribution in [3.05, 3.63) is 107 Å². The molecule has 4 aromatic carbocycles. The van der Waals surface area contributed by atoms with E-state index < -0.39 is 11.9 Å². The van der Waals surface area contributed by atoms with Gasteiger partial charge in [0.25, 0.3) is 0 Å². The summed E-state index contributed by atoms with van der Waals surface area (Å²) in [5.41, 5.74) is 1.77. The van der Waals surface area contributed by atoms with Crippen LogP contribution in [-0.2, 0) is 0 Å². The number of hydrogen-bond acceptors (Lipinski definition) is 10. The van der Waals surface area contributed by atoms with Crippen molar-refractivity contribution in [2.24, 2.45) is 9.98 Å². The van der Waals surface area contributed by atoms with Crippen LogP contribution in [0.15, 0.2) is 94.9 Å². The van der Waals surface area contributed by atoms with Gasteiger partial charge in [0.1, 0.15) is 34.5 Å². The van der Waals surface area contributed by atoms with Crippen molar-refractivity contribution in [3.8, 4) is 34.5 Å². The van der Waals surface area contributed by atoms with Gasteiger partial charge in [-0.3, -0.25) is 9.98 Å². The summed E-state index contributed by atoms with van der Waals surface area (Å²) in [6.45, 7) is 3.41. The van der Waals surface area contributed by atoms with Crippen molar-refractivity contribution >= 4 is 24.4 Å². The second kappa shape index (κ2) is 32.6. The van der Waals surface area contributed by atoms with Crippen LogP contribution in [0.5, 0.6) is 34.5 Å². The first-order valence-corrected chi connectivity index (χ1v) is 24.1. The van der Waals surface area contributed by atoms with Gasteiger partial charge in [0, 0.05) is 35.7 Å². The quantitative estimate of drug-likeness (QED) is 0.0252. The molecule has 0 unspecified atom stereocenters. The zero-order valence-corrected chi connectivity index (χ0v) is 38.8. The first-order chi connectivity index (χ1) is 32.3. The molecule has 0 spiro atoms. The Morgan fingerprint density at radius 3 is 0.909 bits per heavy atom. The van der Waals surface area contributed by atoms with E-state index >= 15 is 0 Å². The van der Waals surface area contributed by atoms with Gasteiger partial charge < -0.3 is 39.4 Å². The van der Waals surface area contributed by atoms with Crippen LogP contribution < -0.4 is 18.9 Å². The summed E-state index contributed by atoms with van der Waals surface area (Å²) in [7, 11) is 0. The fraction of sp³-hybridized carbons (Fsp3) is 0.481. The number of unbranched alkanes of at least 4 members (excludes halogenated alkanes) is 18. The van der Waals surface area contributed by atoms with Crippen molar-refractivity contribution in [3.63, 3.8) is 0 Å². The van der Waals surface area contributed by atoms with E-state index in [1.165, 1.54) is 77.0 Å². The average molecular weight is 909 g/mol. The highest BCUT2D eigenvalue weighted by Crippen LogP contribution is 2.24. The lowest BCUT2D eigenvalue weighted by atomic mass is 10.1. The molecule has 0 aromatic heterocycles. The summed E-state index contributed by atoms with van der Waals surface area (Å²) in [5, 5.41) is 38.9. The Balaban J connectivity index is 0.919. The van der Waals surface area contributed by atoms with Crippen LogP contribution >= 0.6 is 0 Å². The molecule has 0 aliphatic carbocycles. The van der Waals surface area contributed by atoms with Crippen LogP contribution in [0, 0.1) is 0 Å². The molecule has 12 nitrogen and oxygen atoms in total. The van der Waals surface area contributed by atoms with Gasteiger partial charge in [0.2, 0.25) is 0 Å². The van der Waals surface area contributed by atoms with Gasteiger partial charge in [-0.05, 0) is 98.5 Å². The molecule has 0 heterocycles. The number of phenolic OH excluding ortho intramolecular Hbond substituents is 2. The molecule has 0 fully saturated rings. The molecule has 4 N–H and O–H groups in total. The Bertz CT molecular complexity index is 1870. The summed E-state index contributed by atoms with van der Waals surface area (Å²) >= 11 is 0. The largest absolute Gasteiger partial charge is 0.507 e. The topological polar surface area (TPSA) is 177 Å². The number of benzene rings is 4. The van der Waals surface area contributed by atoms with E-state index in [0.29, 0.717) is 73.6 Å². The number of carboxylic acid groups (broad SMARTS) is 2. The van der Waals surface area contributed by atoms with Gasteiger partial charge in [0.15, 0.2) is 0 Å². The Hall–Kier alpha value is -6.04. The van der Waals surface area contributed by atoms with E-state index in [-0.39, 0.29) is 22.6 Å². The third-order valence-corrected chi connectivity index (χ3v) is 11.2. The van der Waals surface area contributed by atoms with E-state index in [1.54, 1.807) is 85.2 Å². The number of ether oxygens (including phenoxy) is 4. The Morgan fingerprint density at radius 1 is 0.379 bits per heavy atom. The molecule has 4 aromatic rings. The van der Waals surface area contributed by atoms with E-state index in [1.807, 2.05) is 12.1 Å². The predicted molar refractivity (Wildman–Crippen MR) is 262 cm³/mol. The number of phenols is 2. The maximum atomic E-state index is 10.9. The summed E-state index contributed by atoms with van der Waals surface area (Å²) in [6, 6.07) is 23.6. The lowest BCUT2D eigenvalue weighted by Gasteiger charge is -2.08. The summed E-state index contributed by atoms with van der Waals surface area (Å²) < 4.78 is 23.1. The fourth-order valence-electron chi connectivity index (χ4n) is 7.27. The summed E-state index contributed by atoms with van der Waals surface area (Å²) in [5.74, 6) is 1.09. The minimum Gasteiger partial charge on any atom is -0.507 e. The third-order valence-electron chi connectivity index (χ3n) is 11.2. The van der Waals surface area contributed by atoms with Crippen LogP contribution in [0.3, 0.4) is 0 Å². The number of aromatic hydroxyl groups is 2. The fourth-order valence-corrected chi connectivity index (χ4v) is 7.27. The molecule has 0 atom stereocenters. The lowest BCUT2D eigenvalue weighted by Crippen LogP contribution is -1.99. The van der Waals surface area contributed by atoms with Crippen molar-refractivity contribution < 1.29 is 49.0 Å². The number of hydrogen-bond donors (Lipinski definition) is 4. The normalized spacial score (nSPS) is 11.3. The Morgan fingerprint density at radius 2 is 0.636 bits per heavy atom. The summed E-state index contributed by atoms with van der Waals surface area (Å²) in [4.78, 5) is 30.7. The molecule has 358 valence electrons. The number of nitrogens with zero attached hydrogens (tertiary/aromatic N) is 2. The van der Waals surface area contributed by atoms with Gasteiger partial charge in [-0.15, -0.1) is 0 Å². The first-order valence-electron chi connectivity index (χ1n) is 24.1. The monoisotopic (exact) mass is 909 g/mol. The Labute approximate surface area is 391 Å². The van der Waals surface area contributed by atoms with E-state index in [2.05, 4.69) is 9.98 Å². The molecule has 0 amide bonds. The van der Waals surface area contributed by atoms with Gasteiger partial charge >= 0.3 is 11.9 Å². The number of carbonyl (C=O) groups is 2. The van der Waals surface area contributed by atoms with Gasteiger partial charge in [-0.1, -0.05) is 103 Å². The molecule has 0 saturated heterocycles. The molecular formula is C54H72N2O10. The second-order valence-electron chi connectivity index (χ2n) is 16.6. The third kappa shape index (κ3) is 22.7. The van der Waals surface area contributed by atoms with Crippen LogP contribution in [-0.4, -0.2) is 84.3 Å². The molecule has 4 rings (SSSR count). The zero-order chi connectivity index (χ0) is 46.9. The van der Waals surface area contributed by atoms with E-state index in [9.17, 15) is 19.8 Å². The molecule has 12 heteroatoms. The zero-order valence-electron chi connectivity index (χ0n) is 38.8. The van der Waals surface area contributed by atoms with Gasteiger partial charge in [-0.2, -0.15) is 0 Å². The lowest BCUT2D eigenvalue weighted by molar-refractivity contribution is 0.0686. The number of carboxylic acids is 2. The minimum absolute atomic E-state index is 0.121. The van der Waals surface area contributed by atoms with E-state index in [0.717, 1.165) is 51.4 Å². The predicted octanol–water partition coefficient (Wildman–Crippen LogP) is 12.7. The van der Waals surface area contributed by atoms with Crippen LogP contribution in [0.2, 0.25) is 0 Å². The maximum Gasteiger partial charge on any atom is 0.335 e.